The Hall–Kier alpha value is -2.72. The molecule has 1 atom stereocenters. The molecule has 4 rings (SSSR count). The lowest BCUT2D eigenvalue weighted by atomic mass is 10.2. The number of hydrogen-bond donors (Lipinski definition) is 3. The van der Waals surface area contributed by atoms with Crippen LogP contribution in [0, 0.1) is 0 Å². The third-order valence-corrected chi connectivity index (χ3v) is 6.88. The number of nitrogens with zero attached hydrogens (tertiary/aromatic N) is 3. The summed E-state index contributed by atoms with van der Waals surface area (Å²) in [5.74, 6) is 2.37. The van der Waals surface area contributed by atoms with Gasteiger partial charge in [-0.15, -0.1) is 0 Å². The molecule has 3 aromatic rings. The number of ether oxygens (including phenoxy) is 2. The number of likely N-dealkylation sites (N-methyl/N-ethyl adjacent to an activating group) is 1. The lowest BCUT2D eigenvalue weighted by Crippen LogP contribution is -2.21. The molecule has 1 fully saturated rings. The highest BCUT2D eigenvalue weighted by Crippen LogP contribution is 2.34. The van der Waals surface area contributed by atoms with Crippen LogP contribution < -0.4 is 24.8 Å². The Balaban J connectivity index is 1.51. The number of likely N-dealkylation sites (tertiary alicyclic amines) is 1. The second-order valence-corrected chi connectivity index (χ2v) is 10.2. The van der Waals surface area contributed by atoms with Crippen LogP contribution in [0.3, 0.4) is 0 Å². The zero-order valence-electron chi connectivity index (χ0n) is 21.0. The van der Waals surface area contributed by atoms with Crippen LogP contribution in [-0.4, -0.2) is 53.8 Å². The van der Waals surface area contributed by atoms with Crippen LogP contribution in [0.4, 0.5) is 23.1 Å². The number of anilines is 4. The molecule has 192 valence electrons. The lowest BCUT2D eigenvalue weighted by molar-refractivity contribution is 0.207. The van der Waals surface area contributed by atoms with Gasteiger partial charge in [0.2, 0.25) is 5.95 Å². The van der Waals surface area contributed by atoms with E-state index in [-0.39, 0.29) is 6.10 Å². The van der Waals surface area contributed by atoms with E-state index < -0.39 is 0 Å². The van der Waals surface area contributed by atoms with Gasteiger partial charge in [-0.2, -0.15) is 4.98 Å². The van der Waals surface area contributed by atoms with Crippen molar-refractivity contribution in [1.82, 2.24) is 19.6 Å². The van der Waals surface area contributed by atoms with E-state index in [9.17, 15) is 0 Å². The molecule has 0 bridgehead atoms. The van der Waals surface area contributed by atoms with E-state index in [1.807, 2.05) is 49.4 Å². The first-order valence-electron chi connectivity index (χ1n) is 12.1. The molecular weight excluding hydrogens is 496 g/mol. The second-order valence-electron chi connectivity index (χ2n) is 8.89. The molecule has 2 aromatic carbocycles. The predicted molar refractivity (Wildman–Crippen MR) is 148 cm³/mol. The van der Waals surface area contributed by atoms with Gasteiger partial charge in [0, 0.05) is 30.1 Å². The summed E-state index contributed by atoms with van der Waals surface area (Å²) in [4.78, 5) is 12.3. The quantitative estimate of drug-likeness (QED) is 0.255. The van der Waals surface area contributed by atoms with Crippen LogP contribution in [-0.2, 0) is 0 Å². The summed E-state index contributed by atoms with van der Waals surface area (Å²) in [6.45, 7) is 8.65. The van der Waals surface area contributed by atoms with Gasteiger partial charge in [-0.25, -0.2) is 4.98 Å². The molecule has 8 nitrogen and oxygen atoms in total. The summed E-state index contributed by atoms with van der Waals surface area (Å²) in [6, 6.07) is 14.1. The summed E-state index contributed by atoms with van der Waals surface area (Å²) in [6.07, 6.45) is 2.79. The molecule has 2 heterocycles. The van der Waals surface area contributed by atoms with Crippen molar-refractivity contribution in [3.8, 4) is 11.5 Å². The number of benzene rings is 2. The Bertz CT molecular complexity index is 1170. The molecule has 0 radical (unpaired) electrons. The van der Waals surface area contributed by atoms with E-state index in [0.29, 0.717) is 35.2 Å². The number of aromatic nitrogens is 2. The molecular formula is C26H33ClN6O2S. The Kier molecular flexibility index (Phi) is 9.14. The largest absolute Gasteiger partial charge is 0.492 e. The standard InChI is InChI=1S/C26H33ClN6O2S/c1-5-34-23-14-18(35-19-12-13-33(4)16-19)10-11-21(23)30-26-28-15-20(27)25(31-26)29-22-8-6-7-9-24(22)36-32-17(2)3/h6-11,14-15,17,19,32H,5,12-13,16H2,1-4H3,(H2,28,29,30,31). The minimum atomic E-state index is 0.188. The summed E-state index contributed by atoms with van der Waals surface area (Å²) in [5.41, 5.74) is 1.65. The summed E-state index contributed by atoms with van der Waals surface area (Å²) in [7, 11) is 2.11. The van der Waals surface area contributed by atoms with Crippen molar-refractivity contribution in [2.45, 2.75) is 44.2 Å². The van der Waals surface area contributed by atoms with Gasteiger partial charge in [0.25, 0.3) is 0 Å². The maximum atomic E-state index is 6.44. The first-order chi connectivity index (χ1) is 17.4. The highest BCUT2D eigenvalue weighted by Gasteiger charge is 2.21. The van der Waals surface area contributed by atoms with Crippen molar-refractivity contribution >= 4 is 46.7 Å². The summed E-state index contributed by atoms with van der Waals surface area (Å²) < 4.78 is 15.4. The first kappa shape index (κ1) is 26.3. The molecule has 1 aliphatic rings. The highest BCUT2D eigenvalue weighted by molar-refractivity contribution is 7.97. The van der Waals surface area contributed by atoms with E-state index >= 15 is 0 Å². The maximum Gasteiger partial charge on any atom is 0.229 e. The van der Waals surface area contributed by atoms with Crippen LogP contribution in [0.25, 0.3) is 0 Å². The van der Waals surface area contributed by atoms with Gasteiger partial charge in [0.05, 0.1) is 24.2 Å². The van der Waals surface area contributed by atoms with Gasteiger partial charge < -0.3 is 25.0 Å². The van der Waals surface area contributed by atoms with Crippen molar-refractivity contribution in [2.75, 3.05) is 37.4 Å². The highest BCUT2D eigenvalue weighted by atomic mass is 35.5. The van der Waals surface area contributed by atoms with E-state index in [0.717, 1.165) is 41.5 Å². The fraction of sp³-hybridized carbons (Fsp3) is 0.385. The Morgan fingerprint density at radius 1 is 1.17 bits per heavy atom. The Morgan fingerprint density at radius 2 is 2.00 bits per heavy atom. The van der Waals surface area contributed by atoms with E-state index in [1.54, 1.807) is 18.1 Å². The lowest BCUT2D eigenvalue weighted by Gasteiger charge is -2.17. The smallest absolute Gasteiger partial charge is 0.229 e. The first-order valence-corrected chi connectivity index (χ1v) is 13.3. The number of rotatable bonds is 11. The third-order valence-electron chi connectivity index (χ3n) is 5.44. The van der Waals surface area contributed by atoms with Crippen molar-refractivity contribution in [2.24, 2.45) is 0 Å². The van der Waals surface area contributed by atoms with Crippen LogP contribution >= 0.6 is 23.5 Å². The summed E-state index contributed by atoms with van der Waals surface area (Å²) in [5, 5.41) is 7.03. The van der Waals surface area contributed by atoms with Crippen molar-refractivity contribution in [3.63, 3.8) is 0 Å². The average molecular weight is 529 g/mol. The zero-order valence-corrected chi connectivity index (χ0v) is 22.6. The maximum absolute atomic E-state index is 6.44. The SMILES string of the molecule is CCOc1cc(OC2CCN(C)C2)ccc1Nc1ncc(Cl)c(Nc2ccccc2SNC(C)C)n1. The molecule has 1 saturated heterocycles. The topological polar surface area (TPSA) is 83.6 Å². The van der Waals surface area contributed by atoms with Gasteiger partial charge >= 0.3 is 0 Å². The normalized spacial score (nSPS) is 15.8. The summed E-state index contributed by atoms with van der Waals surface area (Å²) >= 11 is 8.00. The Labute approximate surface area is 222 Å². The van der Waals surface area contributed by atoms with E-state index in [4.69, 9.17) is 21.1 Å². The van der Waals surface area contributed by atoms with Crippen molar-refractivity contribution in [3.05, 3.63) is 53.7 Å². The van der Waals surface area contributed by atoms with Crippen LogP contribution in [0.1, 0.15) is 27.2 Å². The number of para-hydroxylation sites is 1. The Morgan fingerprint density at radius 3 is 2.75 bits per heavy atom. The zero-order chi connectivity index (χ0) is 25.5. The molecule has 3 N–H and O–H groups in total. The predicted octanol–water partition coefficient (Wildman–Crippen LogP) is 6.10. The second kappa shape index (κ2) is 12.5. The molecule has 10 heteroatoms. The molecule has 1 aromatic heterocycles. The van der Waals surface area contributed by atoms with Crippen LogP contribution in [0.15, 0.2) is 53.6 Å². The van der Waals surface area contributed by atoms with Gasteiger partial charge in [0.1, 0.15) is 22.6 Å². The fourth-order valence-electron chi connectivity index (χ4n) is 3.74. The fourth-order valence-corrected chi connectivity index (χ4v) is 4.62. The number of hydrogen-bond acceptors (Lipinski definition) is 9. The molecule has 0 aliphatic carbocycles. The molecule has 1 aliphatic heterocycles. The molecule has 0 amide bonds. The minimum Gasteiger partial charge on any atom is -0.492 e. The third kappa shape index (κ3) is 7.16. The minimum absolute atomic E-state index is 0.188. The number of nitrogens with one attached hydrogen (secondary N) is 3. The van der Waals surface area contributed by atoms with E-state index in [1.165, 1.54) is 0 Å². The monoisotopic (exact) mass is 528 g/mol. The van der Waals surface area contributed by atoms with Gasteiger partial charge in [0.15, 0.2) is 5.82 Å². The molecule has 0 saturated carbocycles. The van der Waals surface area contributed by atoms with Crippen LogP contribution in [0.2, 0.25) is 5.02 Å². The van der Waals surface area contributed by atoms with Crippen molar-refractivity contribution < 1.29 is 9.47 Å². The van der Waals surface area contributed by atoms with Gasteiger partial charge in [-0.05, 0) is 70.5 Å². The van der Waals surface area contributed by atoms with Crippen LogP contribution in [0.5, 0.6) is 11.5 Å². The van der Waals surface area contributed by atoms with E-state index in [2.05, 4.69) is 51.1 Å². The van der Waals surface area contributed by atoms with Gasteiger partial charge in [-0.1, -0.05) is 23.7 Å². The average Bonchev–Trinajstić information content (AvgIpc) is 3.26. The molecule has 0 spiro atoms. The van der Waals surface area contributed by atoms with Gasteiger partial charge in [-0.3, -0.25) is 4.72 Å². The molecule has 36 heavy (non-hydrogen) atoms. The number of halogens is 1. The molecule has 1 unspecified atom stereocenters. The van der Waals surface area contributed by atoms with Crippen molar-refractivity contribution in [1.29, 1.82) is 0 Å².